The number of hydrogen-bond donors (Lipinski definition) is 1. The van der Waals surface area contributed by atoms with Crippen molar-refractivity contribution in [2.24, 2.45) is 0 Å². The van der Waals surface area contributed by atoms with E-state index in [1.807, 2.05) is 0 Å². The minimum Gasteiger partial charge on any atom is -0.277 e. The molecule has 0 aromatic heterocycles. The first-order valence-corrected chi connectivity index (χ1v) is 8.91. The molecule has 1 aromatic rings. The molecule has 1 fully saturated rings. The quantitative estimate of drug-likeness (QED) is 0.848. The van der Waals surface area contributed by atoms with Crippen LogP contribution in [0.15, 0.2) is 23.1 Å². The van der Waals surface area contributed by atoms with Crippen LogP contribution in [0.3, 0.4) is 0 Å². The lowest BCUT2D eigenvalue weighted by Crippen LogP contribution is -2.32. The Balaban J connectivity index is 2.36. The zero-order valence-electron chi connectivity index (χ0n) is 12.3. The Labute approximate surface area is 135 Å². The van der Waals surface area contributed by atoms with E-state index in [4.69, 9.17) is 11.6 Å². The van der Waals surface area contributed by atoms with Gasteiger partial charge in [0.1, 0.15) is 4.90 Å². The summed E-state index contributed by atoms with van der Waals surface area (Å²) in [4.78, 5) is 16.3. The molecular formula is C14H19ClN2O4S. The molecule has 0 spiro atoms. The fourth-order valence-electron chi connectivity index (χ4n) is 2.42. The molecule has 6 nitrogen and oxygen atoms in total. The summed E-state index contributed by atoms with van der Waals surface area (Å²) in [5.41, 5.74) is 2.34. The van der Waals surface area contributed by atoms with Crippen molar-refractivity contribution in [1.29, 1.82) is 0 Å². The second kappa shape index (κ2) is 7.41. The topological polar surface area (TPSA) is 75.7 Å². The summed E-state index contributed by atoms with van der Waals surface area (Å²) >= 11 is 6.05. The highest BCUT2D eigenvalue weighted by Gasteiger charge is 2.28. The van der Waals surface area contributed by atoms with Gasteiger partial charge in [-0.25, -0.2) is 13.9 Å². The van der Waals surface area contributed by atoms with Gasteiger partial charge in [0.25, 0.3) is 5.91 Å². The van der Waals surface area contributed by atoms with Crippen LogP contribution in [0, 0.1) is 0 Å². The summed E-state index contributed by atoms with van der Waals surface area (Å²) in [5, 5.41) is 0.109. The number of rotatable bonds is 4. The first-order valence-electron chi connectivity index (χ1n) is 7.10. The van der Waals surface area contributed by atoms with E-state index < -0.39 is 15.9 Å². The lowest BCUT2D eigenvalue weighted by Gasteiger charge is -2.21. The van der Waals surface area contributed by atoms with Crippen molar-refractivity contribution in [3.8, 4) is 0 Å². The van der Waals surface area contributed by atoms with Crippen LogP contribution in [-0.2, 0) is 14.9 Å². The molecule has 0 bridgehead atoms. The Bertz CT molecular complexity index is 640. The number of nitrogens with one attached hydrogen (secondary N) is 1. The number of sulfonamides is 1. The summed E-state index contributed by atoms with van der Waals surface area (Å²) in [6, 6.07) is 4.16. The summed E-state index contributed by atoms with van der Waals surface area (Å²) in [6.07, 6.45) is 3.72. The number of halogens is 1. The third-order valence-electron chi connectivity index (χ3n) is 3.57. The van der Waals surface area contributed by atoms with Crippen LogP contribution < -0.4 is 5.48 Å². The van der Waals surface area contributed by atoms with Gasteiger partial charge in [-0.15, -0.1) is 0 Å². The third-order valence-corrected chi connectivity index (χ3v) is 5.95. The maximum absolute atomic E-state index is 12.8. The highest BCUT2D eigenvalue weighted by atomic mass is 35.5. The molecule has 1 aliphatic heterocycles. The lowest BCUT2D eigenvalue weighted by molar-refractivity contribution is 0.0537. The number of carbonyl (C=O) groups is 1. The number of carbonyl (C=O) groups excluding carboxylic acids is 1. The summed E-state index contributed by atoms with van der Waals surface area (Å²) in [5.74, 6) is -0.522. The zero-order valence-corrected chi connectivity index (χ0v) is 13.9. The van der Waals surface area contributed by atoms with E-state index in [0.717, 1.165) is 25.7 Å². The largest absolute Gasteiger partial charge is 0.277 e. The van der Waals surface area contributed by atoms with Crippen molar-refractivity contribution in [3.05, 3.63) is 28.8 Å². The van der Waals surface area contributed by atoms with Crippen LogP contribution in [0.25, 0.3) is 0 Å². The van der Waals surface area contributed by atoms with Crippen molar-refractivity contribution in [2.45, 2.75) is 30.6 Å². The van der Waals surface area contributed by atoms with Crippen LogP contribution >= 0.6 is 11.6 Å². The number of amides is 1. The van der Waals surface area contributed by atoms with Crippen molar-refractivity contribution in [3.63, 3.8) is 0 Å². The molecule has 122 valence electrons. The minimum atomic E-state index is -3.71. The fourth-order valence-corrected chi connectivity index (χ4v) is 4.43. The molecule has 0 unspecified atom stereocenters. The molecule has 1 heterocycles. The molecule has 1 amide bonds. The van der Waals surface area contributed by atoms with E-state index in [1.54, 1.807) is 0 Å². The smallest absolute Gasteiger partial charge is 0.274 e. The van der Waals surface area contributed by atoms with Crippen molar-refractivity contribution in [1.82, 2.24) is 9.79 Å². The summed E-state index contributed by atoms with van der Waals surface area (Å²) in [7, 11) is -2.40. The fraction of sp³-hybridized carbons (Fsp3) is 0.500. The van der Waals surface area contributed by atoms with E-state index in [1.165, 1.54) is 29.6 Å². The van der Waals surface area contributed by atoms with E-state index in [0.29, 0.717) is 13.1 Å². The molecular weight excluding hydrogens is 328 g/mol. The third kappa shape index (κ3) is 3.78. The van der Waals surface area contributed by atoms with Crippen LogP contribution in [0.1, 0.15) is 36.0 Å². The highest BCUT2D eigenvalue weighted by Crippen LogP contribution is 2.27. The van der Waals surface area contributed by atoms with Gasteiger partial charge >= 0.3 is 0 Å². The van der Waals surface area contributed by atoms with Crippen LogP contribution in [-0.4, -0.2) is 38.8 Å². The highest BCUT2D eigenvalue weighted by molar-refractivity contribution is 7.89. The van der Waals surface area contributed by atoms with Crippen LogP contribution in [0.4, 0.5) is 0 Å². The van der Waals surface area contributed by atoms with Crippen molar-refractivity contribution < 1.29 is 18.0 Å². The van der Waals surface area contributed by atoms with E-state index >= 15 is 0 Å². The molecule has 22 heavy (non-hydrogen) atoms. The van der Waals surface area contributed by atoms with Gasteiger partial charge in [-0.2, -0.15) is 4.31 Å². The molecule has 0 radical (unpaired) electrons. The normalized spacial score (nSPS) is 17.0. The van der Waals surface area contributed by atoms with Gasteiger partial charge in [0, 0.05) is 18.7 Å². The molecule has 2 rings (SSSR count). The molecule has 0 aliphatic carbocycles. The van der Waals surface area contributed by atoms with E-state index in [2.05, 4.69) is 10.3 Å². The zero-order chi connectivity index (χ0) is 16.2. The lowest BCUT2D eigenvalue weighted by atomic mass is 10.2. The Morgan fingerprint density at radius 2 is 1.86 bits per heavy atom. The number of hydrogen-bond acceptors (Lipinski definition) is 4. The second-order valence-electron chi connectivity index (χ2n) is 5.10. The molecule has 0 saturated carbocycles. The monoisotopic (exact) mass is 346 g/mol. The molecule has 8 heteroatoms. The number of hydroxylamine groups is 1. The molecule has 1 N–H and O–H groups in total. The van der Waals surface area contributed by atoms with Crippen molar-refractivity contribution >= 4 is 27.5 Å². The first-order chi connectivity index (χ1) is 10.5. The predicted octanol–water partition coefficient (Wildman–Crippen LogP) is 2.20. The molecule has 0 atom stereocenters. The standard InChI is InChI=1S/C14H19ClN2O4S/c1-21-16-14(18)11-6-7-12(15)13(10-11)22(19,20)17-8-4-2-3-5-9-17/h6-7,10H,2-5,8-9H2,1H3,(H,16,18). The Hall–Kier alpha value is -1.15. The average molecular weight is 347 g/mol. The van der Waals surface area contributed by atoms with Crippen molar-refractivity contribution in [2.75, 3.05) is 20.2 Å². The Morgan fingerprint density at radius 1 is 1.23 bits per heavy atom. The predicted molar refractivity (Wildman–Crippen MR) is 83.2 cm³/mol. The number of nitrogens with zero attached hydrogens (tertiary/aromatic N) is 1. The van der Waals surface area contributed by atoms with Crippen LogP contribution in [0.5, 0.6) is 0 Å². The maximum Gasteiger partial charge on any atom is 0.274 e. The first kappa shape index (κ1) is 17.2. The van der Waals surface area contributed by atoms with E-state index in [-0.39, 0.29) is 15.5 Å². The SMILES string of the molecule is CONC(=O)c1ccc(Cl)c(S(=O)(=O)N2CCCCCC2)c1. The van der Waals surface area contributed by atoms with Gasteiger partial charge in [0.2, 0.25) is 10.0 Å². The van der Waals surface area contributed by atoms with E-state index in [9.17, 15) is 13.2 Å². The van der Waals surface area contributed by atoms with Gasteiger partial charge in [0.15, 0.2) is 0 Å². The van der Waals surface area contributed by atoms with Gasteiger partial charge in [-0.05, 0) is 31.0 Å². The Morgan fingerprint density at radius 3 is 2.45 bits per heavy atom. The molecule has 1 saturated heterocycles. The molecule has 1 aromatic carbocycles. The Kier molecular flexibility index (Phi) is 5.80. The summed E-state index contributed by atoms with van der Waals surface area (Å²) in [6.45, 7) is 0.959. The van der Waals surface area contributed by atoms with Gasteiger partial charge in [0.05, 0.1) is 12.1 Å². The minimum absolute atomic E-state index is 0.0418. The maximum atomic E-state index is 12.8. The van der Waals surface area contributed by atoms with Gasteiger partial charge < -0.3 is 0 Å². The van der Waals surface area contributed by atoms with Gasteiger partial charge in [-0.3, -0.25) is 9.63 Å². The summed E-state index contributed by atoms with van der Waals surface area (Å²) < 4.78 is 27.0. The molecule has 1 aliphatic rings. The average Bonchev–Trinajstić information content (AvgIpc) is 2.77. The van der Waals surface area contributed by atoms with Crippen LogP contribution in [0.2, 0.25) is 5.02 Å². The second-order valence-corrected chi connectivity index (χ2v) is 7.41. The van der Waals surface area contributed by atoms with Gasteiger partial charge in [-0.1, -0.05) is 24.4 Å². The number of benzene rings is 1.